The number of carbonyl (C=O) groups is 10. The average Bonchev–Trinajstić information content (AvgIpc) is 0.847. The predicted octanol–water partition coefficient (Wildman–Crippen LogP) is 14.3. The third-order valence-corrected chi connectivity index (χ3v) is 19.3. The molecule has 0 aliphatic carbocycles. The first-order valence-corrected chi connectivity index (χ1v) is 45.3. The Morgan fingerprint density at radius 1 is 0.336 bits per heavy atom. The fourth-order valence-electron chi connectivity index (χ4n) is 9.64. The summed E-state index contributed by atoms with van der Waals surface area (Å²) < 4.78 is 111. The van der Waals surface area contributed by atoms with Gasteiger partial charge >= 0.3 is 60.4 Å². The van der Waals surface area contributed by atoms with Gasteiger partial charge in [-0.2, -0.15) is 0 Å². The van der Waals surface area contributed by atoms with Gasteiger partial charge in [0.15, 0.2) is 29.5 Å². The van der Waals surface area contributed by atoms with Crippen molar-refractivity contribution in [2.45, 2.75) is 222 Å². The first-order valence-electron chi connectivity index (χ1n) is 38.0. The molecule has 7 aromatic rings. The van der Waals surface area contributed by atoms with Gasteiger partial charge in [0.05, 0.1) is 14.7 Å². The second-order valence-corrected chi connectivity index (χ2v) is 40.5. The van der Waals surface area contributed by atoms with Crippen molar-refractivity contribution >= 4 is 134 Å². The highest BCUT2D eigenvalue weighted by molar-refractivity contribution is 9.10. The molecular formula is C87H114Br2ClN5O27S3. The number of hydrogen-bond donors (Lipinski definition) is 8. The number of esters is 2. The number of carbonyl (C=O) groups excluding carboxylic acids is 7. The highest BCUT2D eigenvalue weighted by atomic mass is 79.9. The highest BCUT2D eigenvalue weighted by Gasteiger charge is 2.30. The maximum atomic E-state index is 12.7. The molecule has 0 aliphatic heterocycles. The molecule has 0 heterocycles. The van der Waals surface area contributed by atoms with Crippen molar-refractivity contribution in [1.82, 2.24) is 16.0 Å². The number of nitrogens with one attached hydrogen (secondary N) is 3. The molecule has 0 saturated heterocycles. The summed E-state index contributed by atoms with van der Waals surface area (Å²) in [6.45, 7) is 25.5. The maximum absolute atomic E-state index is 12.7. The highest BCUT2D eigenvalue weighted by Crippen LogP contribution is 2.21. The Morgan fingerprint density at radius 3 is 0.880 bits per heavy atom. The van der Waals surface area contributed by atoms with Crippen LogP contribution in [0, 0.1) is 0 Å². The van der Waals surface area contributed by atoms with Crippen LogP contribution in [0.5, 0.6) is 0 Å². The molecule has 5 atom stereocenters. The minimum absolute atomic E-state index is 0. The Labute approximate surface area is 753 Å². The van der Waals surface area contributed by atoms with E-state index in [9.17, 15) is 78.3 Å². The minimum Gasteiger partial charge on any atom is -0.480 e. The number of benzene rings is 7. The number of carboxylic acid groups (broad SMARTS) is 3. The fourth-order valence-corrected chi connectivity index (χ4v) is 12.6. The molecule has 0 spiro atoms. The molecule has 0 aliphatic rings. The van der Waals surface area contributed by atoms with E-state index in [1.807, 2.05) is 103 Å². The molecule has 7 rings (SSSR count). The smallest absolute Gasteiger partial charge is 0.480 e. The molecule has 0 fully saturated rings. The second-order valence-electron chi connectivity index (χ2n) is 32.6. The Bertz CT molecular complexity index is 5050. The van der Waals surface area contributed by atoms with Crippen LogP contribution in [0.2, 0.25) is 0 Å². The van der Waals surface area contributed by atoms with Crippen LogP contribution in [0.3, 0.4) is 0 Å². The van der Waals surface area contributed by atoms with Crippen LogP contribution in [0.4, 0.5) is 24.0 Å². The monoisotopic (exact) mass is 1950 g/mol. The Balaban J connectivity index is 0.000000763. The number of nitrogens with two attached hydrogens (primary N) is 2. The molecule has 0 unspecified atom stereocenters. The normalized spacial score (nSPS) is 12.5. The lowest BCUT2D eigenvalue weighted by molar-refractivity contribution is -0.148. The summed E-state index contributed by atoms with van der Waals surface area (Å²) in [6, 6.07) is 46.8. The Kier molecular flexibility index (Phi) is 46.6. The number of rotatable bonds is 25. The third-order valence-electron chi connectivity index (χ3n) is 15.0. The molecule has 0 aromatic heterocycles. The standard InChI is InChI=1S/C22H27NO6S.C17H19NO4S.C15H21NO6S.C14H18BrNO4.C10H18O5.C9H10BrNO2.ClH/c1-22(2,3)29-21(25)23-19(20(24)28-15-16-9-6-5-7-10-16)14-17-11-8-12-18(13-17)30(4,26)27;1-23(20,21)15-9-5-8-14(10-15)11-16(18)17(19)22-12-13-6-3-2-4-7-13;1-15(2,3)22-14(19)16-12(13(17)18)9-10-6-5-7-11(8-10)23(4,20)21;1-14(2,3)20-13(19)16-11(12(17)18)8-9-5-4-6-10(15)7-9;1-9(2,3)14-7(11)13-8(12)15-10(4,5)6;10-7-3-1-2-6(4-7)5-8(11)9(12)13;/h5-13,19H,14-15H2,1-4H3,(H,23,25);2-10,16H,11-12,18H2,1H3;5-8,12H,9H2,1-4H3,(H,16,19)(H,17,18);4-7,11H,8H2,1-3H3,(H,16,19)(H,17,18);1-6H3;1-4,8H,5,11H2,(H,12,13);1H/t19-;16-;12-;11-;;8-;/m0000.0./s1. The average molecular weight is 1950 g/mol. The molecule has 0 radical (unpaired) electrons. The van der Waals surface area contributed by atoms with Gasteiger partial charge < -0.3 is 80.6 Å². The van der Waals surface area contributed by atoms with Crippen molar-refractivity contribution in [1.29, 1.82) is 0 Å². The first kappa shape index (κ1) is 112. The Hall–Kier alpha value is -10.5. The van der Waals surface area contributed by atoms with E-state index in [-0.39, 0.29) is 66.0 Å². The molecule has 125 heavy (non-hydrogen) atoms. The van der Waals surface area contributed by atoms with Gasteiger partial charge in [0.25, 0.3) is 0 Å². The predicted molar refractivity (Wildman–Crippen MR) is 477 cm³/mol. The van der Waals surface area contributed by atoms with Gasteiger partial charge in [0.2, 0.25) is 0 Å². The van der Waals surface area contributed by atoms with E-state index in [0.717, 1.165) is 50.0 Å². The molecule has 10 N–H and O–H groups in total. The van der Waals surface area contributed by atoms with Crippen molar-refractivity contribution in [3.63, 3.8) is 0 Å². The van der Waals surface area contributed by atoms with Gasteiger partial charge in [-0.3, -0.25) is 9.59 Å². The van der Waals surface area contributed by atoms with Crippen molar-refractivity contribution in [3.05, 3.63) is 230 Å². The van der Waals surface area contributed by atoms with Crippen molar-refractivity contribution in [2.75, 3.05) is 18.8 Å². The largest absolute Gasteiger partial charge is 0.519 e. The first-order chi connectivity index (χ1) is 56.9. The minimum atomic E-state index is -3.40. The van der Waals surface area contributed by atoms with Crippen LogP contribution >= 0.6 is 44.3 Å². The molecule has 3 amide bonds. The van der Waals surface area contributed by atoms with Crippen LogP contribution in [-0.4, -0.2) is 178 Å². The van der Waals surface area contributed by atoms with Gasteiger partial charge in [-0.1, -0.05) is 153 Å². The zero-order chi connectivity index (χ0) is 94.5. The molecule has 7 aromatic carbocycles. The van der Waals surface area contributed by atoms with Crippen LogP contribution < -0.4 is 27.4 Å². The number of alkyl carbamates (subject to hydrolysis) is 3. The van der Waals surface area contributed by atoms with Gasteiger partial charge in [0.1, 0.15) is 71.4 Å². The zero-order valence-corrected chi connectivity index (χ0v) is 79.3. The topological polar surface area (TPSA) is 496 Å². The Morgan fingerprint density at radius 2 is 0.592 bits per heavy atom. The van der Waals surface area contributed by atoms with Gasteiger partial charge in [0, 0.05) is 47.0 Å². The maximum Gasteiger partial charge on any atom is 0.519 e. The summed E-state index contributed by atoms with van der Waals surface area (Å²) in [4.78, 5) is 116. The lowest BCUT2D eigenvalue weighted by atomic mass is 10.1. The molecule has 688 valence electrons. The summed E-state index contributed by atoms with van der Waals surface area (Å²) in [5, 5.41) is 34.1. The molecule has 0 bridgehead atoms. The van der Waals surface area contributed by atoms with Crippen molar-refractivity contribution < 1.29 is 126 Å². The fraction of sp³-hybridized carbons (Fsp3) is 0.402. The summed E-state index contributed by atoms with van der Waals surface area (Å²) in [5.41, 5.74) is 12.8. The van der Waals surface area contributed by atoms with Gasteiger partial charge in [-0.25, -0.2) is 63.6 Å². The van der Waals surface area contributed by atoms with Crippen LogP contribution in [0.25, 0.3) is 0 Å². The zero-order valence-electron chi connectivity index (χ0n) is 72.8. The summed E-state index contributed by atoms with van der Waals surface area (Å²) in [6.07, 6.45) is -0.383. The summed E-state index contributed by atoms with van der Waals surface area (Å²) in [5.74, 6) is -4.47. The number of sulfone groups is 3. The van der Waals surface area contributed by atoms with Crippen LogP contribution in [0.1, 0.15) is 143 Å². The number of aliphatic carboxylic acids is 3. The van der Waals surface area contributed by atoms with E-state index >= 15 is 0 Å². The van der Waals surface area contributed by atoms with E-state index in [0.29, 0.717) is 23.1 Å². The van der Waals surface area contributed by atoms with Gasteiger partial charge in [-0.15, -0.1) is 12.4 Å². The molecule has 32 nitrogen and oxygen atoms in total. The number of hydrogen-bond acceptors (Lipinski definition) is 26. The van der Waals surface area contributed by atoms with Crippen molar-refractivity contribution in [3.8, 4) is 0 Å². The lowest BCUT2D eigenvalue weighted by Gasteiger charge is -2.23. The van der Waals surface area contributed by atoms with Crippen LogP contribution in [0.15, 0.2) is 206 Å². The quantitative estimate of drug-likeness (QED) is 0.0150. The second kappa shape index (κ2) is 51.8. The van der Waals surface area contributed by atoms with E-state index in [2.05, 4.69) is 52.5 Å². The number of carboxylic acids is 3. The van der Waals surface area contributed by atoms with E-state index in [1.165, 1.54) is 42.5 Å². The SMILES string of the molecule is CC(C)(C)OC(=O)N[C@@H](Cc1cccc(Br)c1)C(=O)O.CC(C)(C)OC(=O)N[C@@H](Cc1cccc(S(C)(=O)=O)c1)C(=O)O.CC(C)(C)OC(=O)N[C@@H](Cc1cccc(S(C)(=O)=O)c1)C(=O)OCc1ccccc1.CC(C)(C)OC(=O)OC(=O)OC(C)(C)C.CS(=O)(=O)c1cccc(C[C@H](N)C(=O)OCc2ccccc2)c1.Cl.N[C@@H](Cc1cccc(Br)c1)C(=O)O. The van der Waals surface area contributed by atoms with E-state index < -0.39 is 148 Å². The molecular weight excluding hydrogens is 1840 g/mol. The molecule has 38 heteroatoms. The molecule has 0 saturated carbocycles. The summed E-state index contributed by atoms with van der Waals surface area (Å²) in [7, 11) is -10.1. The van der Waals surface area contributed by atoms with Gasteiger partial charge in [-0.05, 0) is 216 Å². The van der Waals surface area contributed by atoms with Crippen LogP contribution in [-0.2, 0) is 137 Å². The lowest BCUT2D eigenvalue weighted by Crippen LogP contribution is -2.45. The number of ether oxygens (including phenoxy) is 8. The number of halogens is 3. The van der Waals surface area contributed by atoms with E-state index in [1.54, 1.807) is 140 Å². The number of amides is 3. The van der Waals surface area contributed by atoms with E-state index in [4.69, 9.17) is 54.8 Å². The van der Waals surface area contributed by atoms with Crippen molar-refractivity contribution in [2.24, 2.45) is 11.5 Å². The third kappa shape index (κ3) is 52.1. The summed E-state index contributed by atoms with van der Waals surface area (Å²) >= 11 is 6.62.